The molecule has 3 nitrogen and oxygen atoms in total. The van der Waals surface area contributed by atoms with E-state index in [0.29, 0.717) is 0 Å². The van der Waals surface area contributed by atoms with E-state index in [1.54, 1.807) is 0 Å². The van der Waals surface area contributed by atoms with Crippen molar-refractivity contribution < 1.29 is 8.83 Å². The molecule has 0 saturated heterocycles. The fourth-order valence-corrected chi connectivity index (χ4v) is 15.3. The topological polar surface area (TPSA) is 29.5 Å². The predicted molar refractivity (Wildman–Crippen MR) is 340 cm³/mol. The normalized spacial score (nSPS) is 13.7. The number of rotatable bonds is 7. The second-order valence-corrected chi connectivity index (χ2v) is 22.5. The smallest absolute Gasteiger partial charge is 0.144 e. The summed E-state index contributed by atoms with van der Waals surface area (Å²) in [5, 5.41) is 4.07. The van der Waals surface area contributed by atoms with Crippen LogP contribution in [0.5, 0.6) is 0 Å². The average Bonchev–Trinajstić information content (AvgIpc) is 2.07. The highest BCUT2D eigenvalue weighted by molar-refractivity contribution is 6.26. The summed E-state index contributed by atoms with van der Waals surface area (Å²) in [6, 6.07) is 109. The van der Waals surface area contributed by atoms with E-state index in [2.05, 4.69) is 302 Å². The van der Waals surface area contributed by atoms with Crippen molar-refractivity contribution in [1.29, 1.82) is 0 Å². The lowest BCUT2D eigenvalue weighted by Crippen LogP contribution is -2.28. The Balaban J connectivity index is 0.921. The van der Waals surface area contributed by atoms with Gasteiger partial charge in [0.05, 0.1) is 21.9 Å². The van der Waals surface area contributed by atoms with Crippen molar-refractivity contribution >= 4 is 60.9 Å². The van der Waals surface area contributed by atoms with Crippen molar-refractivity contribution in [3.8, 4) is 55.6 Å². The molecule has 0 aliphatic heterocycles. The fraction of sp³-hybridized carbons (Fsp3) is 0.0250. The summed E-state index contributed by atoms with van der Waals surface area (Å²) < 4.78 is 14.6. The summed E-state index contributed by atoms with van der Waals surface area (Å²) in [6.07, 6.45) is 0. The van der Waals surface area contributed by atoms with Crippen LogP contribution in [0.15, 0.2) is 306 Å². The summed E-state index contributed by atoms with van der Waals surface area (Å²) in [4.78, 5) is 2.46. The van der Waals surface area contributed by atoms with Gasteiger partial charge >= 0.3 is 0 Å². The minimum Gasteiger partial charge on any atom is -0.456 e. The van der Waals surface area contributed by atoms with Crippen molar-refractivity contribution in [2.24, 2.45) is 0 Å². The molecule has 0 fully saturated rings. The summed E-state index contributed by atoms with van der Waals surface area (Å²) in [5.74, 6) is 0. The molecule has 0 unspecified atom stereocenters. The second-order valence-electron chi connectivity index (χ2n) is 22.5. The summed E-state index contributed by atoms with van der Waals surface area (Å²) in [5.41, 5.74) is 27.3. The maximum atomic E-state index is 7.53. The van der Waals surface area contributed by atoms with Gasteiger partial charge in [0.1, 0.15) is 22.3 Å². The number of furan rings is 2. The van der Waals surface area contributed by atoms with Gasteiger partial charge in [0.25, 0.3) is 0 Å². The average molecular weight is 1060 g/mol. The molecule has 0 radical (unpaired) electrons. The molecular weight excluding hydrogens is 1010 g/mol. The second kappa shape index (κ2) is 17.4. The molecule has 0 amide bonds. The quantitative estimate of drug-likeness (QED) is 0.159. The van der Waals surface area contributed by atoms with Crippen LogP contribution in [0.4, 0.5) is 17.1 Å². The lowest BCUT2D eigenvalue weighted by Gasteiger charge is -2.35. The van der Waals surface area contributed by atoms with E-state index in [9.17, 15) is 0 Å². The van der Waals surface area contributed by atoms with Crippen molar-refractivity contribution in [3.05, 3.63) is 342 Å². The third-order valence-electron chi connectivity index (χ3n) is 18.5. The standard InChI is InChI=1S/C80H49NO2/c1-4-22-50(23-5-1)51-24-20-29-55(46-51)81(56-43-45-62-59-32-10-15-35-65(59)79(70(62)48-56,53-25-6-2-7-26-53)54-27-8-3-9-28-54)71-39-21-41-73-76(71)64-49-74-77(63-34-14-19-40-72(63)82-74)75(78(64)83-73)52-42-44-61-60-33-13-18-38-68(60)80(69(61)47-52)66-36-16-11-30-57(66)58-31-12-17-37-67(58)80/h1-49H. The summed E-state index contributed by atoms with van der Waals surface area (Å²) >= 11 is 0. The Morgan fingerprint density at radius 1 is 0.265 bits per heavy atom. The van der Waals surface area contributed by atoms with Crippen LogP contribution >= 0.6 is 0 Å². The number of hydrogen-bond acceptors (Lipinski definition) is 3. The number of nitrogens with zero attached hydrogens (tertiary/aromatic N) is 1. The summed E-state index contributed by atoms with van der Waals surface area (Å²) in [7, 11) is 0. The molecule has 1 spiro atoms. The SMILES string of the molecule is c1ccc(-c2cccc(N(c3ccc4c(c3)C(c3ccccc3)(c3ccccc3)c3ccccc3-4)c3cccc4oc5c(-c6ccc7c(c6)C6(c8ccccc8-c8ccccc86)c6ccccc6-7)c6c(cc5c34)oc3ccccc36)c2)cc1. The zero-order valence-corrected chi connectivity index (χ0v) is 45.1. The molecule has 0 N–H and O–H groups in total. The molecule has 0 bridgehead atoms. The Morgan fingerprint density at radius 2 is 0.759 bits per heavy atom. The van der Waals surface area contributed by atoms with Gasteiger partial charge in [0, 0.05) is 33.1 Å². The molecular formula is C80H49NO2. The zero-order chi connectivity index (χ0) is 54.4. The maximum Gasteiger partial charge on any atom is 0.144 e. The Labute approximate surface area is 480 Å². The molecule has 2 heterocycles. The molecule has 3 heteroatoms. The van der Waals surface area contributed by atoms with Gasteiger partial charge in [-0.2, -0.15) is 0 Å². The number of fused-ring (bicyclic) bond motifs is 19. The van der Waals surface area contributed by atoms with Gasteiger partial charge in [-0.25, -0.2) is 0 Å². The molecule has 3 aliphatic rings. The molecule has 15 aromatic rings. The van der Waals surface area contributed by atoms with Crippen LogP contribution in [0.1, 0.15) is 44.5 Å². The Bertz CT molecular complexity index is 5060. The lowest BCUT2D eigenvalue weighted by atomic mass is 9.67. The van der Waals surface area contributed by atoms with Gasteiger partial charge in [-0.05, 0) is 149 Å². The Morgan fingerprint density at radius 3 is 1.41 bits per heavy atom. The number of para-hydroxylation sites is 1. The highest BCUT2D eigenvalue weighted by Gasteiger charge is 2.52. The van der Waals surface area contributed by atoms with Crippen LogP contribution in [0.25, 0.3) is 99.5 Å². The molecule has 83 heavy (non-hydrogen) atoms. The number of anilines is 3. The molecule has 18 rings (SSSR count). The highest BCUT2D eigenvalue weighted by Crippen LogP contribution is 2.64. The number of benzene rings is 13. The van der Waals surface area contributed by atoms with Crippen molar-refractivity contribution in [3.63, 3.8) is 0 Å². The molecule has 3 aliphatic carbocycles. The first-order valence-electron chi connectivity index (χ1n) is 28.7. The highest BCUT2D eigenvalue weighted by atomic mass is 16.3. The first kappa shape index (κ1) is 46.1. The fourth-order valence-electron chi connectivity index (χ4n) is 15.3. The van der Waals surface area contributed by atoms with Crippen molar-refractivity contribution in [1.82, 2.24) is 0 Å². The van der Waals surface area contributed by atoms with Gasteiger partial charge in [-0.1, -0.05) is 243 Å². The third-order valence-corrected chi connectivity index (χ3v) is 18.5. The molecule has 2 aromatic heterocycles. The van der Waals surface area contributed by atoms with Crippen LogP contribution in [0.2, 0.25) is 0 Å². The largest absolute Gasteiger partial charge is 0.456 e. The summed E-state index contributed by atoms with van der Waals surface area (Å²) in [6.45, 7) is 0. The number of hydrogen-bond donors (Lipinski definition) is 0. The Hall–Kier alpha value is -10.7. The van der Waals surface area contributed by atoms with Crippen LogP contribution in [-0.4, -0.2) is 0 Å². The zero-order valence-electron chi connectivity index (χ0n) is 45.1. The van der Waals surface area contributed by atoms with E-state index in [1.807, 2.05) is 0 Å². The molecule has 386 valence electrons. The predicted octanol–water partition coefficient (Wildman–Crippen LogP) is 21.0. The third kappa shape index (κ3) is 6.23. The van der Waals surface area contributed by atoms with E-state index in [4.69, 9.17) is 8.83 Å². The Kier molecular flexibility index (Phi) is 9.64. The van der Waals surface area contributed by atoms with Gasteiger partial charge in [-0.15, -0.1) is 0 Å². The van der Waals surface area contributed by atoms with Gasteiger partial charge in [0.2, 0.25) is 0 Å². The first-order valence-corrected chi connectivity index (χ1v) is 28.7. The minimum atomic E-state index is -0.601. The van der Waals surface area contributed by atoms with E-state index in [1.165, 1.54) is 77.9 Å². The van der Waals surface area contributed by atoms with Gasteiger partial charge in [0.15, 0.2) is 0 Å². The van der Waals surface area contributed by atoms with Crippen LogP contribution < -0.4 is 4.90 Å². The van der Waals surface area contributed by atoms with Gasteiger partial charge in [-0.3, -0.25) is 0 Å². The van der Waals surface area contributed by atoms with Gasteiger partial charge < -0.3 is 13.7 Å². The maximum absolute atomic E-state index is 7.53. The minimum absolute atomic E-state index is 0.522. The van der Waals surface area contributed by atoms with E-state index < -0.39 is 10.8 Å². The molecule has 0 atom stereocenters. The van der Waals surface area contributed by atoms with Crippen LogP contribution in [-0.2, 0) is 10.8 Å². The van der Waals surface area contributed by atoms with E-state index in [0.717, 1.165) is 83.2 Å². The van der Waals surface area contributed by atoms with E-state index >= 15 is 0 Å². The van der Waals surface area contributed by atoms with Crippen LogP contribution in [0.3, 0.4) is 0 Å². The molecule has 13 aromatic carbocycles. The van der Waals surface area contributed by atoms with E-state index in [-0.39, 0.29) is 0 Å². The van der Waals surface area contributed by atoms with Crippen molar-refractivity contribution in [2.75, 3.05) is 4.90 Å². The van der Waals surface area contributed by atoms with Crippen LogP contribution in [0, 0.1) is 0 Å². The lowest BCUT2D eigenvalue weighted by molar-refractivity contribution is 0.664. The molecule has 0 saturated carbocycles. The monoisotopic (exact) mass is 1060 g/mol. The first-order chi connectivity index (χ1) is 41.2. The van der Waals surface area contributed by atoms with Crippen molar-refractivity contribution in [2.45, 2.75) is 10.8 Å².